The summed E-state index contributed by atoms with van der Waals surface area (Å²) in [6.07, 6.45) is 4.06. The number of H-pyrrole nitrogens is 1. The molecule has 0 spiro atoms. The number of guanidine groups is 1. The van der Waals surface area contributed by atoms with E-state index in [4.69, 9.17) is 9.47 Å². The van der Waals surface area contributed by atoms with Crippen LogP contribution in [0.25, 0.3) is 10.9 Å². The number of para-hydroxylation sites is 1. The number of aromatic amines is 1. The van der Waals surface area contributed by atoms with Gasteiger partial charge in [-0.05, 0) is 47.7 Å². The number of hydrogen-bond acceptors (Lipinski definition) is 4. The molecule has 1 aliphatic heterocycles. The molecule has 1 aliphatic rings. The summed E-state index contributed by atoms with van der Waals surface area (Å²) in [5, 5.41) is 8.16. The number of benzene rings is 2. The van der Waals surface area contributed by atoms with E-state index in [0.717, 1.165) is 63.0 Å². The van der Waals surface area contributed by atoms with E-state index in [0.29, 0.717) is 0 Å². The van der Waals surface area contributed by atoms with E-state index >= 15 is 0 Å². The predicted octanol–water partition coefficient (Wildman–Crippen LogP) is 2.95. The average Bonchev–Trinajstić information content (AvgIpc) is 3.25. The third-order valence-electron chi connectivity index (χ3n) is 6.10. The van der Waals surface area contributed by atoms with Crippen LogP contribution in [0.2, 0.25) is 0 Å². The number of nitrogens with one attached hydrogen (secondary N) is 3. The minimum atomic E-state index is 0.797. The number of aromatic nitrogens is 1. The monoisotopic (exact) mass is 435 g/mol. The number of nitrogens with zero attached hydrogens (tertiary/aromatic N) is 2. The van der Waals surface area contributed by atoms with Gasteiger partial charge in [0, 0.05) is 56.9 Å². The van der Waals surface area contributed by atoms with Crippen LogP contribution in [0.3, 0.4) is 0 Å². The molecule has 0 bridgehead atoms. The highest BCUT2D eigenvalue weighted by atomic mass is 16.5. The van der Waals surface area contributed by atoms with Gasteiger partial charge in [0.15, 0.2) is 17.5 Å². The fraction of sp³-hybridized carbons (Fsp3) is 0.400. The van der Waals surface area contributed by atoms with Gasteiger partial charge in [0.1, 0.15) is 0 Å². The van der Waals surface area contributed by atoms with Gasteiger partial charge in [-0.2, -0.15) is 0 Å². The Labute approximate surface area is 189 Å². The zero-order valence-electron chi connectivity index (χ0n) is 19.2. The van der Waals surface area contributed by atoms with Gasteiger partial charge in [0.05, 0.1) is 14.2 Å². The summed E-state index contributed by atoms with van der Waals surface area (Å²) in [7, 11) is 5.19. The molecule has 3 aromatic rings. The van der Waals surface area contributed by atoms with E-state index < -0.39 is 0 Å². The Morgan fingerprint density at radius 1 is 1.06 bits per heavy atom. The van der Waals surface area contributed by atoms with Gasteiger partial charge in [0.25, 0.3) is 0 Å². The molecule has 32 heavy (non-hydrogen) atoms. The van der Waals surface area contributed by atoms with E-state index in [-0.39, 0.29) is 0 Å². The molecule has 0 amide bonds. The lowest BCUT2D eigenvalue weighted by atomic mass is 9.99. The van der Waals surface area contributed by atoms with Gasteiger partial charge in [-0.3, -0.25) is 9.89 Å². The minimum Gasteiger partial charge on any atom is -0.493 e. The summed E-state index contributed by atoms with van der Waals surface area (Å²) in [5.41, 5.74) is 5.17. The highest BCUT2D eigenvalue weighted by molar-refractivity contribution is 5.83. The molecule has 2 aromatic carbocycles. The van der Waals surface area contributed by atoms with Crippen molar-refractivity contribution in [2.75, 3.05) is 47.4 Å². The lowest BCUT2D eigenvalue weighted by molar-refractivity contribution is 0.256. The van der Waals surface area contributed by atoms with Crippen molar-refractivity contribution < 1.29 is 9.47 Å². The van der Waals surface area contributed by atoms with Crippen LogP contribution in [-0.4, -0.2) is 63.3 Å². The molecule has 1 aromatic heterocycles. The second-order valence-corrected chi connectivity index (χ2v) is 8.04. The molecular formula is C25H33N5O2. The zero-order valence-corrected chi connectivity index (χ0v) is 19.2. The number of hydrogen-bond donors (Lipinski definition) is 3. The van der Waals surface area contributed by atoms with Crippen LogP contribution in [-0.2, 0) is 19.4 Å². The molecular weight excluding hydrogens is 402 g/mol. The van der Waals surface area contributed by atoms with Crippen LogP contribution >= 0.6 is 0 Å². The summed E-state index contributed by atoms with van der Waals surface area (Å²) in [4.78, 5) is 10.2. The molecule has 0 fully saturated rings. The third-order valence-corrected chi connectivity index (χ3v) is 6.10. The van der Waals surface area contributed by atoms with Crippen LogP contribution in [0.15, 0.2) is 47.6 Å². The number of rotatable bonds is 8. The van der Waals surface area contributed by atoms with Gasteiger partial charge in [-0.25, -0.2) is 0 Å². The first-order chi connectivity index (χ1) is 15.7. The molecule has 7 heteroatoms. The third kappa shape index (κ3) is 4.99. The van der Waals surface area contributed by atoms with Crippen molar-refractivity contribution >= 4 is 16.9 Å². The number of methoxy groups -OCH3 is 2. The largest absolute Gasteiger partial charge is 0.493 e. The maximum atomic E-state index is 5.47. The van der Waals surface area contributed by atoms with E-state index in [1.807, 2.05) is 7.05 Å². The standard InChI is InChI=1S/C25H33N5O2/c1-26-25(27-10-8-19-16-29-22-7-5-4-6-21(19)22)28-11-13-30-12-9-18-14-23(31-2)24(32-3)15-20(18)17-30/h4-7,14-16,29H,8-13,17H2,1-3H3,(H2,26,27,28). The molecule has 4 rings (SSSR count). The normalized spacial score (nSPS) is 14.3. The Kier molecular flexibility index (Phi) is 7.17. The molecule has 0 radical (unpaired) electrons. The van der Waals surface area contributed by atoms with Crippen molar-refractivity contribution in [2.45, 2.75) is 19.4 Å². The number of ether oxygens (including phenoxy) is 2. The first-order valence-corrected chi connectivity index (χ1v) is 11.2. The predicted molar refractivity (Wildman–Crippen MR) is 130 cm³/mol. The SMILES string of the molecule is CN=C(NCCc1c[nH]c2ccccc12)NCCN1CCc2cc(OC)c(OC)cc2C1. The van der Waals surface area contributed by atoms with E-state index in [1.165, 1.54) is 27.6 Å². The summed E-state index contributed by atoms with van der Waals surface area (Å²) in [6.45, 7) is 4.59. The Morgan fingerprint density at radius 3 is 2.59 bits per heavy atom. The summed E-state index contributed by atoms with van der Waals surface area (Å²) < 4.78 is 10.9. The number of aliphatic imine (C=N–C) groups is 1. The smallest absolute Gasteiger partial charge is 0.191 e. The van der Waals surface area contributed by atoms with Crippen molar-refractivity contribution in [3.63, 3.8) is 0 Å². The molecule has 170 valence electrons. The van der Waals surface area contributed by atoms with Crippen LogP contribution in [0.1, 0.15) is 16.7 Å². The molecule has 3 N–H and O–H groups in total. The average molecular weight is 436 g/mol. The lowest BCUT2D eigenvalue weighted by Gasteiger charge is -2.29. The van der Waals surface area contributed by atoms with E-state index in [9.17, 15) is 0 Å². The summed E-state index contributed by atoms with van der Waals surface area (Å²) in [5.74, 6) is 2.45. The fourth-order valence-electron chi connectivity index (χ4n) is 4.34. The van der Waals surface area contributed by atoms with Gasteiger partial charge in [-0.1, -0.05) is 18.2 Å². The number of fused-ring (bicyclic) bond motifs is 2. The topological polar surface area (TPSA) is 73.9 Å². The van der Waals surface area contributed by atoms with Crippen molar-refractivity contribution in [1.82, 2.24) is 20.5 Å². The van der Waals surface area contributed by atoms with Crippen LogP contribution in [0.5, 0.6) is 11.5 Å². The molecule has 0 aliphatic carbocycles. The first kappa shape index (κ1) is 22.0. The fourth-order valence-corrected chi connectivity index (χ4v) is 4.34. The minimum absolute atomic E-state index is 0.797. The van der Waals surface area contributed by atoms with Crippen molar-refractivity contribution in [2.24, 2.45) is 4.99 Å². The summed E-state index contributed by atoms with van der Waals surface area (Å²) >= 11 is 0. The molecule has 2 heterocycles. The molecule has 0 unspecified atom stereocenters. The second-order valence-electron chi connectivity index (χ2n) is 8.04. The molecule has 0 saturated carbocycles. The molecule has 0 atom stereocenters. The van der Waals surface area contributed by atoms with Gasteiger partial charge >= 0.3 is 0 Å². The second kappa shape index (κ2) is 10.4. The van der Waals surface area contributed by atoms with Gasteiger partial charge in [-0.15, -0.1) is 0 Å². The highest BCUT2D eigenvalue weighted by Crippen LogP contribution is 2.33. The van der Waals surface area contributed by atoms with Crippen molar-refractivity contribution in [3.8, 4) is 11.5 Å². The Bertz CT molecular complexity index is 1080. The lowest BCUT2D eigenvalue weighted by Crippen LogP contribution is -2.43. The van der Waals surface area contributed by atoms with Crippen LogP contribution in [0, 0.1) is 0 Å². The Hall–Kier alpha value is -3.19. The van der Waals surface area contributed by atoms with Gasteiger partial charge in [0.2, 0.25) is 0 Å². The Morgan fingerprint density at radius 2 is 1.81 bits per heavy atom. The van der Waals surface area contributed by atoms with Crippen LogP contribution < -0.4 is 20.1 Å². The van der Waals surface area contributed by atoms with Crippen LogP contribution in [0.4, 0.5) is 0 Å². The quantitative estimate of drug-likeness (QED) is 0.375. The van der Waals surface area contributed by atoms with E-state index in [1.54, 1.807) is 14.2 Å². The van der Waals surface area contributed by atoms with Gasteiger partial charge < -0.3 is 25.1 Å². The maximum Gasteiger partial charge on any atom is 0.191 e. The van der Waals surface area contributed by atoms with Crippen molar-refractivity contribution in [3.05, 3.63) is 59.3 Å². The maximum absolute atomic E-state index is 5.47. The Balaban J connectivity index is 1.23. The highest BCUT2D eigenvalue weighted by Gasteiger charge is 2.19. The summed E-state index contributed by atoms with van der Waals surface area (Å²) in [6, 6.07) is 12.6. The van der Waals surface area contributed by atoms with E-state index in [2.05, 4.69) is 68.1 Å². The molecule has 0 saturated heterocycles. The zero-order chi connectivity index (χ0) is 22.3. The molecule has 7 nitrogen and oxygen atoms in total. The first-order valence-electron chi connectivity index (χ1n) is 11.2. The van der Waals surface area contributed by atoms with Crippen molar-refractivity contribution in [1.29, 1.82) is 0 Å².